The number of aromatic nitrogens is 3. The lowest BCUT2D eigenvalue weighted by molar-refractivity contribution is -0.136. The Bertz CT molecular complexity index is 903. The Morgan fingerprint density at radius 2 is 2.08 bits per heavy atom. The molecule has 0 atom stereocenters. The highest BCUT2D eigenvalue weighted by Crippen LogP contribution is 2.26. The summed E-state index contributed by atoms with van der Waals surface area (Å²) in [6.07, 6.45) is 2.59. The zero-order valence-corrected chi connectivity index (χ0v) is 15.2. The maximum Gasteiger partial charge on any atom is 0.303 e. The summed E-state index contributed by atoms with van der Waals surface area (Å²) in [6, 6.07) is 12.3. The average Bonchev–Trinajstić information content (AvgIpc) is 3.27. The lowest BCUT2D eigenvalue weighted by Crippen LogP contribution is -2.33. The lowest BCUT2D eigenvalue weighted by Gasteiger charge is -2.26. The van der Waals surface area contributed by atoms with Crippen LogP contribution < -0.4 is 0 Å². The van der Waals surface area contributed by atoms with Crippen LogP contribution in [0.25, 0.3) is 10.6 Å². The number of hydrogen-bond acceptors (Lipinski definition) is 5. The molecule has 1 aliphatic rings. The number of carboxylic acids is 1. The molecule has 7 heteroatoms. The van der Waals surface area contributed by atoms with Crippen LogP contribution in [-0.4, -0.2) is 37.3 Å². The van der Waals surface area contributed by atoms with Crippen molar-refractivity contribution >= 4 is 17.3 Å². The highest BCUT2D eigenvalue weighted by Gasteiger charge is 2.19. The first-order valence-electron chi connectivity index (χ1n) is 8.67. The summed E-state index contributed by atoms with van der Waals surface area (Å²) in [4.78, 5) is 18.9. The maximum absolute atomic E-state index is 10.7. The first kappa shape index (κ1) is 16.9. The van der Waals surface area contributed by atoms with Crippen LogP contribution in [0.3, 0.4) is 0 Å². The van der Waals surface area contributed by atoms with Gasteiger partial charge in [0.15, 0.2) is 0 Å². The van der Waals surface area contributed by atoms with E-state index in [0.29, 0.717) is 6.42 Å². The Hall–Kier alpha value is -2.51. The molecule has 0 unspecified atom stereocenters. The van der Waals surface area contributed by atoms with Crippen LogP contribution in [-0.2, 0) is 30.8 Å². The number of hydrogen-bond donors (Lipinski definition) is 1. The largest absolute Gasteiger partial charge is 0.481 e. The van der Waals surface area contributed by atoms with Crippen LogP contribution in [0.5, 0.6) is 0 Å². The van der Waals surface area contributed by atoms with Crippen molar-refractivity contribution in [3.63, 3.8) is 0 Å². The number of benzene rings is 1. The molecule has 4 rings (SSSR count). The number of rotatable bonds is 6. The van der Waals surface area contributed by atoms with Gasteiger partial charge in [-0.25, -0.2) is 4.98 Å². The standard InChI is InChI=1S/C19H20N4O2S/c24-18(25)7-6-15-10-16-12-22(8-9-23(16)21-15)13-17-11-20-19(26-17)14-4-2-1-3-5-14/h1-5,10-11H,6-9,12-13H2,(H,24,25). The van der Waals surface area contributed by atoms with E-state index in [1.807, 2.05) is 35.1 Å². The van der Waals surface area contributed by atoms with E-state index in [4.69, 9.17) is 5.11 Å². The minimum Gasteiger partial charge on any atom is -0.481 e. The highest BCUT2D eigenvalue weighted by atomic mass is 32.1. The summed E-state index contributed by atoms with van der Waals surface area (Å²) in [5, 5.41) is 14.4. The number of fused-ring (bicyclic) bond motifs is 1. The molecule has 3 heterocycles. The fourth-order valence-corrected chi connectivity index (χ4v) is 4.15. The second-order valence-corrected chi connectivity index (χ2v) is 7.57. The van der Waals surface area contributed by atoms with Gasteiger partial charge in [-0.2, -0.15) is 5.10 Å². The van der Waals surface area contributed by atoms with Gasteiger partial charge in [0.05, 0.1) is 24.4 Å². The van der Waals surface area contributed by atoms with E-state index in [1.165, 1.54) is 4.88 Å². The van der Waals surface area contributed by atoms with E-state index in [-0.39, 0.29) is 6.42 Å². The molecule has 0 radical (unpaired) electrons. The van der Waals surface area contributed by atoms with Gasteiger partial charge < -0.3 is 5.11 Å². The normalized spacial score (nSPS) is 14.3. The van der Waals surface area contributed by atoms with E-state index in [1.54, 1.807) is 11.3 Å². The molecule has 1 N–H and O–H groups in total. The summed E-state index contributed by atoms with van der Waals surface area (Å²) in [6.45, 7) is 3.48. The van der Waals surface area contributed by atoms with Crippen molar-refractivity contribution in [3.8, 4) is 10.6 Å². The molecule has 0 fully saturated rings. The first-order chi connectivity index (χ1) is 12.7. The minimum absolute atomic E-state index is 0.128. The molecule has 0 aliphatic carbocycles. The van der Waals surface area contributed by atoms with Crippen LogP contribution in [0.1, 0.15) is 22.7 Å². The molecular weight excluding hydrogens is 348 g/mol. The lowest BCUT2D eigenvalue weighted by atomic mass is 10.2. The molecule has 1 aliphatic heterocycles. The number of thiazole rings is 1. The topological polar surface area (TPSA) is 71.2 Å². The van der Waals surface area contributed by atoms with Crippen molar-refractivity contribution in [2.75, 3.05) is 6.54 Å². The fourth-order valence-electron chi connectivity index (χ4n) is 3.19. The predicted molar refractivity (Wildman–Crippen MR) is 99.8 cm³/mol. The molecule has 0 amide bonds. The summed E-state index contributed by atoms with van der Waals surface area (Å²) < 4.78 is 2.01. The van der Waals surface area contributed by atoms with Crippen molar-refractivity contribution < 1.29 is 9.90 Å². The predicted octanol–water partition coefficient (Wildman–Crippen LogP) is 3.04. The van der Waals surface area contributed by atoms with Crippen molar-refractivity contribution in [3.05, 3.63) is 58.9 Å². The van der Waals surface area contributed by atoms with Crippen molar-refractivity contribution in [2.24, 2.45) is 0 Å². The van der Waals surface area contributed by atoms with Crippen LogP contribution in [0, 0.1) is 0 Å². The first-order valence-corrected chi connectivity index (χ1v) is 9.49. The number of carboxylic acid groups (broad SMARTS) is 1. The maximum atomic E-state index is 10.7. The smallest absolute Gasteiger partial charge is 0.303 e. The van der Waals surface area contributed by atoms with E-state index < -0.39 is 5.97 Å². The van der Waals surface area contributed by atoms with Crippen LogP contribution in [0.2, 0.25) is 0 Å². The third-order valence-electron chi connectivity index (χ3n) is 4.48. The van der Waals surface area contributed by atoms with Gasteiger partial charge in [0.25, 0.3) is 0 Å². The van der Waals surface area contributed by atoms with Crippen molar-refractivity contribution in [1.82, 2.24) is 19.7 Å². The van der Waals surface area contributed by atoms with Crippen LogP contribution >= 0.6 is 11.3 Å². The van der Waals surface area contributed by atoms with Gasteiger partial charge in [-0.05, 0) is 6.07 Å². The molecule has 3 aromatic rings. The number of aryl methyl sites for hydroxylation is 1. The SMILES string of the molecule is O=C(O)CCc1cc2n(n1)CCN(Cc1cnc(-c3ccccc3)s1)C2. The zero-order chi connectivity index (χ0) is 17.9. The summed E-state index contributed by atoms with van der Waals surface area (Å²) in [5.74, 6) is -0.781. The monoisotopic (exact) mass is 368 g/mol. The highest BCUT2D eigenvalue weighted by molar-refractivity contribution is 7.15. The second kappa shape index (κ2) is 7.39. The molecule has 26 heavy (non-hydrogen) atoms. The number of carbonyl (C=O) groups is 1. The van der Waals surface area contributed by atoms with Gasteiger partial charge in [-0.3, -0.25) is 14.4 Å². The summed E-state index contributed by atoms with van der Waals surface area (Å²) in [5.41, 5.74) is 3.18. The Balaban J connectivity index is 1.40. The Morgan fingerprint density at radius 1 is 1.23 bits per heavy atom. The third-order valence-corrected chi connectivity index (χ3v) is 5.51. The summed E-state index contributed by atoms with van der Waals surface area (Å²) >= 11 is 1.74. The Labute approximate surface area is 155 Å². The second-order valence-electron chi connectivity index (χ2n) is 6.45. The quantitative estimate of drug-likeness (QED) is 0.724. The number of nitrogens with zero attached hydrogens (tertiary/aromatic N) is 4. The van der Waals surface area contributed by atoms with Gasteiger partial charge in [-0.1, -0.05) is 30.3 Å². The zero-order valence-electron chi connectivity index (χ0n) is 14.3. The molecular formula is C19H20N4O2S. The van der Waals surface area contributed by atoms with E-state index in [2.05, 4.69) is 27.1 Å². The van der Waals surface area contributed by atoms with Crippen molar-refractivity contribution in [1.29, 1.82) is 0 Å². The molecule has 134 valence electrons. The van der Waals surface area contributed by atoms with Gasteiger partial charge in [0.1, 0.15) is 5.01 Å². The molecule has 0 spiro atoms. The van der Waals surface area contributed by atoms with Gasteiger partial charge in [-0.15, -0.1) is 11.3 Å². The molecule has 2 aromatic heterocycles. The molecule has 0 bridgehead atoms. The Kier molecular flexibility index (Phi) is 4.81. The molecule has 6 nitrogen and oxygen atoms in total. The average molecular weight is 368 g/mol. The summed E-state index contributed by atoms with van der Waals surface area (Å²) in [7, 11) is 0. The molecule has 1 aromatic carbocycles. The van der Waals surface area contributed by atoms with E-state index in [9.17, 15) is 4.79 Å². The molecule has 0 saturated heterocycles. The van der Waals surface area contributed by atoms with Gasteiger partial charge >= 0.3 is 5.97 Å². The van der Waals surface area contributed by atoms with Crippen LogP contribution in [0.15, 0.2) is 42.6 Å². The molecule has 0 saturated carbocycles. The van der Waals surface area contributed by atoms with E-state index in [0.717, 1.165) is 48.1 Å². The number of aliphatic carboxylic acids is 1. The fraction of sp³-hybridized carbons (Fsp3) is 0.316. The van der Waals surface area contributed by atoms with Gasteiger partial charge in [0.2, 0.25) is 0 Å². The van der Waals surface area contributed by atoms with Gasteiger partial charge in [0, 0.05) is 42.7 Å². The third kappa shape index (κ3) is 3.84. The Morgan fingerprint density at radius 3 is 2.88 bits per heavy atom. The van der Waals surface area contributed by atoms with Crippen LogP contribution in [0.4, 0.5) is 0 Å². The van der Waals surface area contributed by atoms with Crippen molar-refractivity contribution in [2.45, 2.75) is 32.5 Å². The minimum atomic E-state index is -0.781. The van der Waals surface area contributed by atoms with E-state index >= 15 is 0 Å².